The third kappa shape index (κ3) is 3.75. The van der Waals surface area contributed by atoms with E-state index in [1.807, 2.05) is 24.3 Å². The van der Waals surface area contributed by atoms with Gasteiger partial charge in [-0.05, 0) is 25.8 Å². The van der Waals surface area contributed by atoms with Crippen molar-refractivity contribution in [3.05, 3.63) is 29.8 Å². The molecule has 5 nitrogen and oxygen atoms in total. The Labute approximate surface area is 126 Å². The summed E-state index contributed by atoms with van der Waals surface area (Å²) in [6.07, 6.45) is 1.55. The molecule has 0 aromatic heterocycles. The van der Waals surface area contributed by atoms with Crippen LogP contribution in [0.15, 0.2) is 24.3 Å². The highest BCUT2D eigenvalue weighted by atomic mass is 32.2. The second-order valence-corrected chi connectivity index (χ2v) is 7.41. The third-order valence-electron chi connectivity index (χ3n) is 4.14. The van der Waals surface area contributed by atoms with Crippen LogP contribution < -0.4 is 9.46 Å². The summed E-state index contributed by atoms with van der Waals surface area (Å²) in [5, 5.41) is 0. The van der Waals surface area contributed by atoms with E-state index in [0.717, 1.165) is 24.2 Å². The zero-order valence-electron chi connectivity index (χ0n) is 12.6. The molecule has 1 aromatic rings. The van der Waals surface area contributed by atoms with Gasteiger partial charge >= 0.3 is 0 Å². The van der Waals surface area contributed by atoms with Crippen molar-refractivity contribution in [2.45, 2.75) is 25.2 Å². The van der Waals surface area contributed by atoms with Crippen molar-refractivity contribution >= 4 is 10.0 Å². The summed E-state index contributed by atoms with van der Waals surface area (Å²) in [4.78, 5) is 0. The quantitative estimate of drug-likeness (QED) is 0.868. The summed E-state index contributed by atoms with van der Waals surface area (Å²) in [5.41, 5.74) is 0.780. The van der Waals surface area contributed by atoms with E-state index in [0.29, 0.717) is 19.8 Å². The fourth-order valence-electron chi connectivity index (χ4n) is 2.74. The van der Waals surface area contributed by atoms with Crippen LogP contribution in [0, 0.1) is 0 Å². The second-order valence-electron chi connectivity index (χ2n) is 5.32. The van der Waals surface area contributed by atoms with Gasteiger partial charge in [-0.3, -0.25) is 0 Å². The van der Waals surface area contributed by atoms with Crippen LogP contribution in [-0.4, -0.2) is 41.0 Å². The second kappa shape index (κ2) is 6.77. The van der Waals surface area contributed by atoms with E-state index in [1.165, 1.54) is 0 Å². The molecule has 1 heterocycles. The van der Waals surface area contributed by atoms with Gasteiger partial charge in [0.05, 0.1) is 12.9 Å². The average molecular weight is 313 g/mol. The van der Waals surface area contributed by atoms with Crippen LogP contribution in [-0.2, 0) is 20.2 Å². The lowest BCUT2D eigenvalue weighted by Crippen LogP contribution is -2.45. The van der Waals surface area contributed by atoms with E-state index in [1.54, 1.807) is 14.0 Å². The van der Waals surface area contributed by atoms with Gasteiger partial charge in [0.15, 0.2) is 0 Å². The van der Waals surface area contributed by atoms with Gasteiger partial charge in [0.25, 0.3) is 0 Å². The monoisotopic (exact) mass is 313 g/mol. The topological polar surface area (TPSA) is 64.6 Å². The molecule has 2 rings (SSSR count). The minimum absolute atomic E-state index is 0.0888. The van der Waals surface area contributed by atoms with Crippen molar-refractivity contribution in [3.63, 3.8) is 0 Å². The molecule has 0 saturated carbocycles. The van der Waals surface area contributed by atoms with Gasteiger partial charge in [-0.1, -0.05) is 18.2 Å². The number of rotatable bonds is 6. The Kier molecular flexibility index (Phi) is 5.24. The van der Waals surface area contributed by atoms with Crippen LogP contribution in [0.4, 0.5) is 0 Å². The number of sulfonamides is 1. The molecule has 118 valence electrons. The molecule has 0 aliphatic carbocycles. The first-order valence-corrected chi connectivity index (χ1v) is 8.87. The predicted octanol–water partition coefficient (Wildman–Crippen LogP) is 1.68. The maximum atomic E-state index is 11.8. The molecule has 0 spiro atoms. The minimum atomic E-state index is -3.22. The normalized spacial score (nSPS) is 18.4. The maximum absolute atomic E-state index is 11.8. The zero-order chi connectivity index (χ0) is 15.3. The Morgan fingerprint density at radius 1 is 1.29 bits per heavy atom. The summed E-state index contributed by atoms with van der Waals surface area (Å²) in [6, 6.07) is 7.82. The first-order chi connectivity index (χ1) is 10.0. The molecule has 0 atom stereocenters. The summed E-state index contributed by atoms with van der Waals surface area (Å²) >= 11 is 0. The van der Waals surface area contributed by atoms with Crippen LogP contribution in [0.2, 0.25) is 0 Å². The molecular formula is C15H23NO4S. The Morgan fingerprint density at radius 2 is 1.95 bits per heavy atom. The lowest BCUT2D eigenvalue weighted by molar-refractivity contribution is 0.0509. The molecule has 1 aliphatic heterocycles. The van der Waals surface area contributed by atoms with Crippen molar-refractivity contribution in [2.75, 3.05) is 32.6 Å². The summed E-state index contributed by atoms with van der Waals surface area (Å²) in [6.45, 7) is 3.28. The standard InChI is InChI=1S/C15H23NO4S/c1-3-21(17,18)16-12-15(8-10-20-11-9-15)13-6-4-5-7-14(13)19-2/h4-7,16H,3,8-12H2,1-2H3. The van der Waals surface area contributed by atoms with Crippen molar-refractivity contribution < 1.29 is 17.9 Å². The van der Waals surface area contributed by atoms with Crippen LogP contribution >= 0.6 is 0 Å². The van der Waals surface area contributed by atoms with E-state index in [9.17, 15) is 8.42 Å². The smallest absolute Gasteiger partial charge is 0.211 e. The minimum Gasteiger partial charge on any atom is -0.496 e. The van der Waals surface area contributed by atoms with Gasteiger partial charge in [-0.2, -0.15) is 0 Å². The number of hydrogen-bond donors (Lipinski definition) is 1. The van der Waals surface area contributed by atoms with Crippen LogP contribution in [0.25, 0.3) is 0 Å². The molecule has 0 amide bonds. The van der Waals surface area contributed by atoms with E-state index in [-0.39, 0.29) is 11.2 Å². The van der Waals surface area contributed by atoms with Gasteiger partial charge in [0, 0.05) is 30.7 Å². The highest BCUT2D eigenvalue weighted by Gasteiger charge is 2.37. The lowest BCUT2D eigenvalue weighted by atomic mass is 9.74. The van der Waals surface area contributed by atoms with Crippen LogP contribution in [0.3, 0.4) is 0 Å². The third-order valence-corrected chi connectivity index (χ3v) is 5.48. The van der Waals surface area contributed by atoms with Crippen molar-refractivity contribution in [3.8, 4) is 5.75 Å². The van der Waals surface area contributed by atoms with E-state index >= 15 is 0 Å². The molecule has 0 radical (unpaired) electrons. The van der Waals surface area contributed by atoms with Crippen molar-refractivity contribution in [2.24, 2.45) is 0 Å². The van der Waals surface area contributed by atoms with E-state index in [2.05, 4.69) is 4.72 Å². The number of ether oxygens (including phenoxy) is 2. The molecular weight excluding hydrogens is 290 g/mol. The van der Waals surface area contributed by atoms with Gasteiger partial charge < -0.3 is 9.47 Å². The Morgan fingerprint density at radius 3 is 2.57 bits per heavy atom. The summed E-state index contributed by atoms with van der Waals surface area (Å²) in [7, 11) is -1.58. The molecule has 21 heavy (non-hydrogen) atoms. The Hall–Kier alpha value is -1.11. The molecule has 1 aliphatic rings. The van der Waals surface area contributed by atoms with Crippen molar-refractivity contribution in [1.29, 1.82) is 0 Å². The fraction of sp³-hybridized carbons (Fsp3) is 0.600. The highest BCUT2D eigenvalue weighted by molar-refractivity contribution is 7.89. The fourth-order valence-corrected chi connectivity index (χ4v) is 3.44. The number of benzene rings is 1. The SMILES string of the molecule is CCS(=O)(=O)NCC1(c2ccccc2OC)CCOCC1. The Bertz CT molecular complexity index is 565. The summed E-state index contributed by atoms with van der Waals surface area (Å²) in [5.74, 6) is 0.890. The average Bonchev–Trinajstić information content (AvgIpc) is 2.54. The Balaban J connectivity index is 2.33. The first-order valence-electron chi connectivity index (χ1n) is 7.21. The molecule has 0 bridgehead atoms. The molecule has 6 heteroatoms. The predicted molar refractivity (Wildman–Crippen MR) is 82.2 cm³/mol. The molecule has 1 N–H and O–H groups in total. The number of hydrogen-bond acceptors (Lipinski definition) is 4. The largest absolute Gasteiger partial charge is 0.496 e. The van der Waals surface area contributed by atoms with Gasteiger partial charge in [-0.25, -0.2) is 13.1 Å². The van der Waals surface area contributed by atoms with Gasteiger partial charge in [0.2, 0.25) is 10.0 Å². The highest BCUT2D eigenvalue weighted by Crippen LogP contribution is 2.39. The van der Waals surface area contributed by atoms with Crippen LogP contribution in [0.1, 0.15) is 25.3 Å². The lowest BCUT2D eigenvalue weighted by Gasteiger charge is -2.38. The number of nitrogens with one attached hydrogen (secondary N) is 1. The summed E-state index contributed by atoms with van der Waals surface area (Å²) < 4.78 is 37.2. The molecule has 1 fully saturated rings. The number of para-hydroxylation sites is 1. The van der Waals surface area contributed by atoms with E-state index < -0.39 is 10.0 Å². The maximum Gasteiger partial charge on any atom is 0.211 e. The van der Waals surface area contributed by atoms with Gasteiger partial charge in [0.1, 0.15) is 5.75 Å². The number of methoxy groups -OCH3 is 1. The van der Waals surface area contributed by atoms with Gasteiger partial charge in [-0.15, -0.1) is 0 Å². The van der Waals surface area contributed by atoms with Crippen molar-refractivity contribution in [1.82, 2.24) is 4.72 Å². The van der Waals surface area contributed by atoms with E-state index in [4.69, 9.17) is 9.47 Å². The van der Waals surface area contributed by atoms with Crippen LogP contribution in [0.5, 0.6) is 5.75 Å². The zero-order valence-corrected chi connectivity index (χ0v) is 13.4. The first kappa shape index (κ1) is 16.3. The molecule has 0 unspecified atom stereocenters. The molecule has 1 aromatic carbocycles. The molecule has 1 saturated heterocycles.